The van der Waals surface area contributed by atoms with E-state index in [0.717, 1.165) is 10.5 Å². The maximum absolute atomic E-state index is 13.0. The van der Waals surface area contributed by atoms with Gasteiger partial charge >= 0.3 is 6.03 Å². The lowest BCUT2D eigenvalue weighted by Gasteiger charge is -2.23. The Hall–Kier alpha value is -3.06. The molecule has 0 spiro atoms. The molecule has 1 aliphatic heterocycles. The molecule has 0 saturated carbocycles. The zero-order valence-electron chi connectivity index (χ0n) is 16.4. The van der Waals surface area contributed by atoms with Gasteiger partial charge in [-0.2, -0.15) is 0 Å². The number of carbonyl (C=O) groups is 3. The first-order chi connectivity index (χ1) is 13.8. The minimum absolute atomic E-state index is 0.293. The van der Waals surface area contributed by atoms with Gasteiger partial charge in [0, 0.05) is 24.2 Å². The second kappa shape index (κ2) is 8.13. The van der Waals surface area contributed by atoms with Gasteiger partial charge in [0.05, 0.1) is 7.11 Å². The van der Waals surface area contributed by atoms with Crippen LogP contribution in [-0.4, -0.2) is 48.3 Å². The third kappa shape index (κ3) is 4.05. The summed E-state index contributed by atoms with van der Waals surface area (Å²) in [7, 11) is 3.18. The number of halogens is 1. The van der Waals surface area contributed by atoms with Crippen LogP contribution in [0.2, 0.25) is 5.02 Å². The molecule has 1 aliphatic rings. The molecule has 1 saturated heterocycles. The summed E-state index contributed by atoms with van der Waals surface area (Å²) < 4.78 is 5.30. The molecule has 3 rings (SSSR count). The molecule has 0 aromatic heterocycles. The van der Waals surface area contributed by atoms with E-state index in [2.05, 4.69) is 5.32 Å². The monoisotopic (exact) mass is 415 g/mol. The van der Waals surface area contributed by atoms with Gasteiger partial charge < -0.3 is 15.0 Å². The molecule has 1 heterocycles. The molecule has 0 unspecified atom stereocenters. The van der Waals surface area contributed by atoms with Gasteiger partial charge in [0.15, 0.2) is 0 Å². The van der Waals surface area contributed by atoms with Crippen molar-refractivity contribution in [1.82, 2.24) is 15.1 Å². The number of hydrogen-bond acceptors (Lipinski definition) is 4. The second-order valence-electron chi connectivity index (χ2n) is 7.01. The van der Waals surface area contributed by atoms with Crippen LogP contribution in [0.5, 0.6) is 5.75 Å². The molecule has 2 aromatic rings. The number of carbonyl (C=O) groups excluding carboxylic acids is 3. The first-order valence-corrected chi connectivity index (χ1v) is 9.40. The lowest BCUT2D eigenvalue weighted by atomic mass is 9.92. The predicted molar refractivity (Wildman–Crippen MR) is 109 cm³/mol. The van der Waals surface area contributed by atoms with Crippen LogP contribution >= 0.6 is 11.6 Å². The fourth-order valence-corrected chi connectivity index (χ4v) is 3.38. The molecule has 152 valence electrons. The molecule has 1 fully saturated rings. The SMILES string of the molecule is COc1ccccc1CN(C)C(=O)CN1C(=O)N[C@@](C)(c2ccc(Cl)cc2)C1=O. The molecule has 2 aromatic carbocycles. The minimum Gasteiger partial charge on any atom is -0.496 e. The fourth-order valence-electron chi connectivity index (χ4n) is 3.25. The standard InChI is InChI=1S/C21H22ClN3O4/c1-21(15-8-10-16(22)11-9-15)19(27)25(20(28)23-21)13-18(26)24(2)12-14-6-4-5-7-17(14)29-3/h4-11H,12-13H2,1-3H3,(H,23,28)/t21-/m0/s1. The van der Waals surface area contributed by atoms with Gasteiger partial charge in [0.2, 0.25) is 5.91 Å². The number of hydrogen-bond donors (Lipinski definition) is 1. The number of para-hydroxylation sites is 1. The van der Waals surface area contributed by atoms with E-state index < -0.39 is 17.5 Å². The van der Waals surface area contributed by atoms with Crippen molar-refractivity contribution in [2.24, 2.45) is 0 Å². The summed E-state index contributed by atoms with van der Waals surface area (Å²) in [5.41, 5.74) is 0.176. The molecule has 8 heteroatoms. The van der Waals surface area contributed by atoms with Crippen molar-refractivity contribution < 1.29 is 19.1 Å². The summed E-state index contributed by atoms with van der Waals surface area (Å²) >= 11 is 5.91. The van der Waals surface area contributed by atoms with E-state index in [1.165, 1.54) is 4.90 Å². The molecular weight excluding hydrogens is 394 g/mol. The predicted octanol–water partition coefficient (Wildman–Crippen LogP) is 2.77. The number of ether oxygens (including phenoxy) is 1. The maximum atomic E-state index is 13.0. The molecule has 7 nitrogen and oxygen atoms in total. The van der Waals surface area contributed by atoms with E-state index in [9.17, 15) is 14.4 Å². The summed E-state index contributed by atoms with van der Waals surface area (Å²) in [6.07, 6.45) is 0. The Morgan fingerprint density at radius 2 is 1.83 bits per heavy atom. The summed E-state index contributed by atoms with van der Waals surface area (Å²) in [5, 5.41) is 3.21. The fraction of sp³-hybridized carbons (Fsp3) is 0.286. The summed E-state index contributed by atoms with van der Waals surface area (Å²) in [5.74, 6) is -0.180. The summed E-state index contributed by atoms with van der Waals surface area (Å²) in [4.78, 5) is 40.5. The number of nitrogens with one attached hydrogen (secondary N) is 1. The average molecular weight is 416 g/mol. The molecule has 0 bridgehead atoms. The van der Waals surface area contributed by atoms with Crippen LogP contribution in [0.1, 0.15) is 18.1 Å². The normalized spacial score (nSPS) is 18.6. The van der Waals surface area contributed by atoms with Gasteiger partial charge in [0.1, 0.15) is 17.8 Å². The van der Waals surface area contributed by atoms with Gasteiger partial charge in [-0.25, -0.2) is 4.79 Å². The van der Waals surface area contributed by atoms with Crippen LogP contribution in [-0.2, 0) is 21.7 Å². The molecule has 29 heavy (non-hydrogen) atoms. The number of benzene rings is 2. The topological polar surface area (TPSA) is 79.0 Å². The van der Waals surface area contributed by atoms with Crippen molar-refractivity contribution in [3.63, 3.8) is 0 Å². The van der Waals surface area contributed by atoms with Crippen LogP contribution < -0.4 is 10.1 Å². The summed E-state index contributed by atoms with van der Waals surface area (Å²) in [6.45, 7) is 1.56. The van der Waals surface area contributed by atoms with Crippen molar-refractivity contribution in [2.45, 2.75) is 19.0 Å². The largest absolute Gasteiger partial charge is 0.496 e. The van der Waals surface area contributed by atoms with Gasteiger partial charge in [-0.05, 0) is 30.7 Å². The maximum Gasteiger partial charge on any atom is 0.325 e. The van der Waals surface area contributed by atoms with Crippen molar-refractivity contribution in [2.75, 3.05) is 20.7 Å². The number of rotatable bonds is 6. The van der Waals surface area contributed by atoms with Gasteiger partial charge in [-0.1, -0.05) is 41.9 Å². The number of nitrogens with zero attached hydrogens (tertiary/aromatic N) is 2. The van der Waals surface area contributed by atoms with E-state index >= 15 is 0 Å². The lowest BCUT2D eigenvalue weighted by Crippen LogP contribution is -2.43. The number of amides is 4. The molecule has 1 atom stereocenters. The number of urea groups is 1. The van der Waals surface area contributed by atoms with Gasteiger partial charge in [0.25, 0.3) is 5.91 Å². The molecule has 1 N–H and O–H groups in total. The van der Waals surface area contributed by atoms with Crippen LogP contribution in [0.4, 0.5) is 4.79 Å². The lowest BCUT2D eigenvalue weighted by molar-refractivity contribution is -0.138. The Balaban J connectivity index is 1.72. The van der Waals surface area contributed by atoms with E-state index in [4.69, 9.17) is 16.3 Å². The van der Waals surface area contributed by atoms with Crippen molar-refractivity contribution >= 4 is 29.4 Å². The quantitative estimate of drug-likeness (QED) is 0.736. The van der Waals surface area contributed by atoms with E-state index in [1.807, 2.05) is 24.3 Å². The highest BCUT2D eigenvalue weighted by atomic mass is 35.5. The summed E-state index contributed by atoms with van der Waals surface area (Å²) in [6, 6.07) is 13.4. The van der Waals surface area contributed by atoms with Crippen molar-refractivity contribution in [3.8, 4) is 5.75 Å². The highest BCUT2D eigenvalue weighted by molar-refractivity contribution is 6.30. The van der Waals surface area contributed by atoms with Crippen LogP contribution in [0.3, 0.4) is 0 Å². The van der Waals surface area contributed by atoms with Gasteiger partial charge in [-0.15, -0.1) is 0 Å². The molecular formula is C21H22ClN3O4. The van der Waals surface area contributed by atoms with E-state index in [1.54, 1.807) is 45.3 Å². The van der Waals surface area contributed by atoms with Gasteiger partial charge in [-0.3, -0.25) is 14.5 Å². The molecule has 0 aliphatic carbocycles. The number of imide groups is 1. The van der Waals surface area contributed by atoms with Crippen LogP contribution in [0.15, 0.2) is 48.5 Å². The van der Waals surface area contributed by atoms with E-state index in [-0.39, 0.29) is 12.5 Å². The Kier molecular flexibility index (Phi) is 5.79. The highest BCUT2D eigenvalue weighted by Gasteiger charge is 2.49. The Morgan fingerprint density at radius 1 is 1.17 bits per heavy atom. The zero-order valence-corrected chi connectivity index (χ0v) is 17.2. The Bertz CT molecular complexity index is 947. The highest BCUT2D eigenvalue weighted by Crippen LogP contribution is 2.29. The Morgan fingerprint density at radius 3 is 2.48 bits per heavy atom. The number of likely N-dealkylation sites (N-methyl/N-ethyl adjacent to an activating group) is 1. The average Bonchev–Trinajstić information content (AvgIpc) is 2.92. The first-order valence-electron chi connectivity index (χ1n) is 9.02. The van der Waals surface area contributed by atoms with E-state index in [0.29, 0.717) is 22.9 Å². The third-order valence-corrected chi connectivity index (χ3v) is 5.27. The smallest absolute Gasteiger partial charge is 0.325 e. The van der Waals surface area contributed by atoms with Crippen LogP contribution in [0.25, 0.3) is 0 Å². The van der Waals surface area contributed by atoms with Crippen molar-refractivity contribution in [1.29, 1.82) is 0 Å². The zero-order chi connectivity index (χ0) is 21.2. The number of methoxy groups -OCH3 is 1. The molecule has 0 radical (unpaired) electrons. The van der Waals surface area contributed by atoms with Crippen molar-refractivity contribution in [3.05, 3.63) is 64.7 Å². The Labute approximate surface area is 174 Å². The third-order valence-electron chi connectivity index (χ3n) is 5.02. The van der Waals surface area contributed by atoms with Crippen LogP contribution in [0, 0.1) is 0 Å². The first kappa shape index (κ1) is 20.7. The minimum atomic E-state index is -1.25. The molecule has 4 amide bonds. The second-order valence-corrected chi connectivity index (χ2v) is 7.45.